The zero-order valence-corrected chi connectivity index (χ0v) is 30.5. The molecular formula is C50H34N4. The molecule has 254 valence electrons. The van der Waals surface area contributed by atoms with E-state index in [2.05, 4.69) is 170 Å². The molecule has 11 rings (SSSR count). The van der Waals surface area contributed by atoms with Gasteiger partial charge in [0, 0.05) is 32.4 Å². The number of rotatable bonds is 2. The van der Waals surface area contributed by atoms with E-state index >= 15 is 0 Å². The van der Waals surface area contributed by atoms with Crippen LogP contribution in [-0.2, 0) is 10.8 Å². The van der Waals surface area contributed by atoms with Gasteiger partial charge in [-0.1, -0.05) is 125 Å². The molecule has 0 amide bonds. The Labute approximate surface area is 313 Å². The van der Waals surface area contributed by atoms with E-state index in [1.54, 1.807) is 0 Å². The summed E-state index contributed by atoms with van der Waals surface area (Å²) in [5.41, 5.74) is 16.6. The summed E-state index contributed by atoms with van der Waals surface area (Å²) in [5, 5.41) is 25.8. The van der Waals surface area contributed by atoms with Gasteiger partial charge in [-0.05, 0) is 80.9 Å². The Kier molecular flexibility index (Phi) is 5.90. The van der Waals surface area contributed by atoms with E-state index < -0.39 is 0 Å². The summed E-state index contributed by atoms with van der Waals surface area (Å²) in [5.74, 6) is 0. The molecule has 0 aliphatic heterocycles. The molecule has 0 bridgehead atoms. The molecule has 4 heteroatoms. The van der Waals surface area contributed by atoms with Gasteiger partial charge in [-0.15, -0.1) is 0 Å². The van der Waals surface area contributed by atoms with Gasteiger partial charge in [-0.25, -0.2) is 0 Å². The van der Waals surface area contributed by atoms with E-state index in [0.717, 1.165) is 33.4 Å². The average Bonchev–Trinajstić information content (AvgIpc) is 3.86. The van der Waals surface area contributed by atoms with Gasteiger partial charge in [-0.2, -0.15) is 10.5 Å². The van der Waals surface area contributed by atoms with E-state index in [0.29, 0.717) is 11.1 Å². The van der Waals surface area contributed by atoms with Crippen LogP contribution >= 0.6 is 0 Å². The van der Waals surface area contributed by atoms with Crippen molar-refractivity contribution in [3.8, 4) is 45.8 Å². The summed E-state index contributed by atoms with van der Waals surface area (Å²) in [6.45, 7) is 9.34. The van der Waals surface area contributed by atoms with E-state index in [1.165, 1.54) is 66.1 Å². The summed E-state index contributed by atoms with van der Waals surface area (Å²) >= 11 is 0. The molecule has 0 saturated heterocycles. The minimum absolute atomic E-state index is 0.219. The minimum Gasteiger partial charge on any atom is -0.307 e. The molecule has 0 N–H and O–H groups in total. The molecule has 9 aromatic rings. The molecular weight excluding hydrogens is 657 g/mol. The topological polar surface area (TPSA) is 57.4 Å². The molecule has 0 fully saturated rings. The molecule has 2 heterocycles. The van der Waals surface area contributed by atoms with Crippen LogP contribution in [0.1, 0.15) is 61.1 Å². The molecule has 4 nitrogen and oxygen atoms in total. The summed E-state index contributed by atoms with van der Waals surface area (Å²) < 4.78 is 4.66. The Morgan fingerprint density at radius 1 is 0.426 bits per heavy atom. The third-order valence-electron chi connectivity index (χ3n) is 12.5. The number of nitrogens with zero attached hydrogens (tertiary/aromatic N) is 4. The highest BCUT2D eigenvalue weighted by Gasteiger charge is 2.40. The lowest BCUT2D eigenvalue weighted by Crippen LogP contribution is -2.15. The zero-order chi connectivity index (χ0) is 36.7. The third kappa shape index (κ3) is 3.65. The second-order valence-electron chi connectivity index (χ2n) is 15.9. The molecule has 0 atom stereocenters. The van der Waals surface area contributed by atoms with E-state index in [4.69, 9.17) is 0 Å². The van der Waals surface area contributed by atoms with Gasteiger partial charge in [0.25, 0.3) is 0 Å². The number of hydrogen-bond acceptors (Lipinski definition) is 2. The van der Waals surface area contributed by atoms with Crippen molar-refractivity contribution < 1.29 is 0 Å². The highest BCUT2D eigenvalue weighted by atomic mass is 15.1. The van der Waals surface area contributed by atoms with Crippen molar-refractivity contribution in [2.75, 3.05) is 0 Å². The molecule has 54 heavy (non-hydrogen) atoms. The summed E-state index contributed by atoms with van der Waals surface area (Å²) in [4.78, 5) is 0. The highest BCUT2D eigenvalue weighted by Crippen LogP contribution is 2.55. The smallest absolute Gasteiger partial charge is 0.101 e. The van der Waals surface area contributed by atoms with Crippen molar-refractivity contribution in [3.05, 3.63) is 167 Å². The van der Waals surface area contributed by atoms with Crippen LogP contribution in [0.5, 0.6) is 0 Å². The van der Waals surface area contributed by atoms with Gasteiger partial charge < -0.3 is 9.13 Å². The van der Waals surface area contributed by atoms with Crippen LogP contribution in [0.3, 0.4) is 0 Å². The van der Waals surface area contributed by atoms with Gasteiger partial charge in [0.2, 0.25) is 0 Å². The maximum Gasteiger partial charge on any atom is 0.101 e. The fourth-order valence-corrected chi connectivity index (χ4v) is 10.3. The molecule has 0 radical (unpaired) electrons. The van der Waals surface area contributed by atoms with Crippen molar-refractivity contribution in [1.29, 1.82) is 10.5 Å². The first-order chi connectivity index (χ1) is 26.3. The second kappa shape index (κ2) is 10.4. The monoisotopic (exact) mass is 690 g/mol. The molecule has 2 aliphatic rings. The fourth-order valence-electron chi connectivity index (χ4n) is 10.3. The Morgan fingerprint density at radius 3 is 1.24 bits per heavy atom. The van der Waals surface area contributed by atoms with Crippen LogP contribution in [0, 0.1) is 22.7 Å². The summed E-state index contributed by atoms with van der Waals surface area (Å²) in [6, 6.07) is 52.4. The van der Waals surface area contributed by atoms with Gasteiger partial charge in [-0.3, -0.25) is 0 Å². The van der Waals surface area contributed by atoms with Crippen LogP contribution in [0.2, 0.25) is 0 Å². The lowest BCUT2D eigenvalue weighted by Gasteiger charge is -2.23. The first-order valence-electron chi connectivity index (χ1n) is 18.6. The first-order valence-corrected chi connectivity index (χ1v) is 18.6. The van der Waals surface area contributed by atoms with Gasteiger partial charge in [0.05, 0.1) is 44.6 Å². The number of hydrogen-bond donors (Lipinski definition) is 0. The Morgan fingerprint density at radius 2 is 0.815 bits per heavy atom. The van der Waals surface area contributed by atoms with Crippen LogP contribution in [0.4, 0.5) is 0 Å². The second-order valence-corrected chi connectivity index (χ2v) is 15.9. The van der Waals surface area contributed by atoms with E-state index in [1.807, 2.05) is 12.1 Å². The molecule has 7 aromatic carbocycles. The number of nitriles is 2. The molecule has 0 spiro atoms. The van der Waals surface area contributed by atoms with Gasteiger partial charge in [0.15, 0.2) is 0 Å². The van der Waals surface area contributed by atoms with Crippen molar-refractivity contribution >= 4 is 43.6 Å². The van der Waals surface area contributed by atoms with Crippen LogP contribution < -0.4 is 0 Å². The van der Waals surface area contributed by atoms with Gasteiger partial charge in [0.1, 0.15) is 12.1 Å². The van der Waals surface area contributed by atoms with Crippen molar-refractivity contribution in [3.63, 3.8) is 0 Å². The molecule has 0 saturated carbocycles. The molecule has 0 unspecified atom stereocenters. The van der Waals surface area contributed by atoms with Crippen molar-refractivity contribution in [2.45, 2.75) is 38.5 Å². The fraction of sp³-hybridized carbons (Fsp3) is 0.120. The third-order valence-corrected chi connectivity index (χ3v) is 12.5. The SMILES string of the molecule is CC1(C)c2ccccc2-c2ccc3c(c21)c1ccccc1n3-c1cc(C#N)c(C#N)cc1-n1c2ccccc2c2c3c(ccc21)-c1ccccc1C3(C)C. The first kappa shape index (κ1) is 30.7. The summed E-state index contributed by atoms with van der Waals surface area (Å²) in [6.07, 6.45) is 0. The molecule has 2 aromatic heterocycles. The average molecular weight is 691 g/mol. The van der Waals surface area contributed by atoms with E-state index in [9.17, 15) is 10.5 Å². The van der Waals surface area contributed by atoms with Crippen LogP contribution in [0.15, 0.2) is 133 Å². The predicted molar refractivity (Wildman–Crippen MR) is 220 cm³/mol. The van der Waals surface area contributed by atoms with Crippen molar-refractivity contribution in [1.82, 2.24) is 9.13 Å². The van der Waals surface area contributed by atoms with E-state index in [-0.39, 0.29) is 10.8 Å². The number of fused-ring (bicyclic) bond motifs is 14. The Hall–Kier alpha value is -6.88. The van der Waals surface area contributed by atoms with Crippen LogP contribution in [-0.4, -0.2) is 9.13 Å². The number of aromatic nitrogens is 2. The lowest BCUT2D eigenvalue weighted by molar-refractivity contribution is 0.666. The Balaban J connectivity index is 1.29. The van der Waals surface area contributed by atoms with Gasteiger partial charge >= 0.3 is 0 Å². The minimum atomic E-state index is -0.219. The largest absolute Gasteiger partial charge is 0.307 e. The predicted octanol–water partition coefficient (Wildman–Crippen LogP) is 12.2. The summed E-state index contributed by atoms with van der Waals surface area (Å²) in [7, 11) is 0. The normalized spacial score (nSPS) is 14.6. The molecule has 2 aliphatic carbocycles. The van der Waals surface area contributed by atoms with Crippen molar-refractivity contribution in [2.24, 2.45) is 0 Å². The maximum atomic E-state index is 10.5. The standard InChI is InChI=1S/C50H34N4/c1-49(2)37-17-9-5-13-31(37)33-21-23-41-45(47(33)49)35-15-7-11-19-39(35)53(41)43-25-29(27-51)30(28-52)26-44(43)54-40-20-12-8-16-36(40)46-42(54)24-22-34-32-14-6-10-18-38(32)50(3,4)48(34)46/h5-26H,1-4H3. The Bertz CT molecular complexity index is 3020. The quantitative estimate of drug-likeness (QED) is 0.181. The van der Waals surface area contributed by atoms with Crippen LogP contribution in [0.25, 0.3) is 77.2 Å². The maximum absolute atomic E-state index is 10.5. The lowest BCUT2D eigenvalue weighted by atomic mass is 9.80. The number of para-hydroxylation sites is 2. The highest BCUT2D eigenvalue weighted by molar-refractivity contribution is 6.16. The zero-order valence-electron chi connectivity index (χ0n) is 30.5. The number of benzene rings is 7.